The monoisotopic (exact) mass is 345 g/mol. The molecular formula is C11H12IN3O2. The summed E-state index contributed by atoms with van der Waals surface area (Å²) in [7, 11) is 0. The Morgan fingerprint density at radius 3 is 2.82 bits per heavy atom. The molecule has 1 aliphatic heterocycles. The van der Waals surface area contributed by atoms with E-state index in [9.17, 15) is 9.59 Å². The second kappa shape index (κ2) is 4.52. The predicted octanol–water partition coefficient (Wildman–Crippen LogP) is 0.725. The fourth-order valence-electron chi connectivity index (χ4n) is 1.80. The summed E-state index contributed by atoms with van der Waals surface area (Å²) >= 11 is 2.16. The number of piperazine rings is 1. The van der Waals surface area contributed by atoms with Crippen molar-refractivity contribution in [3.05, 3.63) is 21.8 Å². The number of benzene rings is 1. The molecule has 2 amide bonds. The average Bonchev–Trinajstić information content (AvgIpc) is 2.24. The van der Waals surface area contributed by atoms with E-state index >= 15 is 0 Å². The third kappa shape index (κ3) is 2.36. The first kappa shape index (κ1) is 12.2. The molecule has 1 heterocycles. The molecule has 0 aromatic heterocycles. The molecule has 6 heteroatoms. The number of amides is 2. The smallest absolute Gasteiger partial charge is 0.249 e. The largest absolute Gasteiger partial charge is 0.397 e. The van der Waals surface area contributed by atoms with Crippen LogP contribution in [0.15, 0.2) is 18.2 Å². The highest BCUT2D eigenvalue weighted by Crippen LogP contribution is 2.27. The highest BCUT2D eigenvalue weighted by Gasteiger charge is 2.31. The number of hydrogen-bond acceptors (Lipinski definition) is 4. The minimum absolute atomic E-state index is 0.150. The molecule has 1 aromatic rings. The van der Waals surface area contributed by atoms with Gasteiger partial charge < -0.3 is 10.6 Å². The van der Waals surface area contributed by atoms with Crippen molar-refractivity contribution in [2.75, 3.05) is 17.2 Å². The van der Waals surface area contributed by atoms with Crippen LogP contribution in [0.25, 0.3) is 0 Å². The molecule has 1 saturated heterocycles. The van der Waals surface area contributed by atoms with E-state index in [0.717, 1.165) is 9.26 Å². The van der Waals surface area contributed by atoms with Gasteiger partial charge in [-0.1, -0.05) is 0 Å². The van der Waals surface area contributed by atoms with Gasteiger partial charge >= 0.3 is 0 Å². The third-order valence-electron chi connectivity index (χ3n) is 2.72. The van der Waals surface area contributed by atoms with Crippen LogP contribution in [0.1, 0.15) is 6.92 Å². The van der Waals surface area contributed by atoms with Crippen molar-refractivity contribution >= 4 is 45.8 Å². The van der Waals surface area contributed by atoms with Crippen molar-refractivity contribution in [1.82, 2.24) is 5.32 Å². The number of imide groups is 1. The Bertz CT molecular complexity index is 490. The zero-order chi connectivity index (χ0) is 12.6. The van der Waals surface area contributed by atoms with E-state index in [0.29, 0.717) is 5.69 Å². The van der Waals surface area contributed by atoms with E-state index in [4.69, 9.17) is 5.73 Å². The normalized spacial score (nSPS) is 20.4. The van der Waals surface area contributed by atoms with Crippen molar-refractivity contribution in [3.8, 4) is 0 Å². The van der Waals surface area contributed by atoms with Crippen molar-refractivity contribution in [2.45, 2.75) is 13.0 Å². The number of nitrogen functional groups attached to an aromatic ring is 1. The second-order valence-electron chi connectivity index (χ2n) is 3.92. The molecule has 1 atom stereocenters. The predicted molar refractivity (Wildman–Crippen MR) is 73.5 cm³/mol. The fourth-order valence-corrected chi connectivity index (χ4v) is 2.31. The van der Waals surface area contributed by atoms with Crippen LogP contribution >= 0.6 is 22.6 Å². The number of rotatable bonds is 1. The van der Waals surface area contributed by atoms with Gasteiger partial charge in [-0.05, 0) is 47.7 Å². The Kier molecular flexibility index (Phi) is 3.23. The van der Waals surface area contributed by atoms with E-state index in [1.165, 1.54) is 0 Å². The number of carbonyl (C=O) groups excluding carboxylic acids is 2. The van der Waals surface area contributed by atoms with E-state index in [-0.39, 0.29) is 18.4 Å². The first-order chi connectivity index (χ1) is 7.99. The molecule has 1 unspecified atom stereocenters. The van der Waals surface area contributed by atoms with Crippen LogP contribution in [0.5, 0.6) is 0 Å². The highest BCUT2D eigenvalue weighted by atomic mass is 127. The van der Waals surface area contributed by atoms with Crippen LogP contribution in [0.3, 0.4) is 0 Å². The maximum atomic E-state index is 11.6. The Balaban J connectivity index is 2.37. The van der Waals surface area contributed by atoms with Crippen LogP contribution in [0.2, 0.25) is 0 Å². The summed E-state index contributed by atoms with van der Waals surface area (Å²) in [5.41, 5.74) is 7.21. The van der Waals surface area contributed by atoms with Crippen molar-refractivity contribution in [1.29, 1.82) is 0 Å². The quantitative estimate of drug-likeness (QED) is 0.447. The molecule has 0 spiro atoms. The number of carbonyl (C=O) groups is 2. The van der Waals surface area contributed by atoms with Gasteiger partial charge in [-0.15, -0.1) is 0 Å². The van der Waals surface area contributed by atoms with E-state index in [2.05, 4.69) is 27.9 Å². The standard InChI is InChI=1S/C11H12IN3O2/c1-6-11(17)14-10(16)5-15(6)9-3-2-7(12)4-8(9)13/h2-4,6H,5,13H2,1H3,(H,14,16,17). The van der Waals surface area contributed by atoms with Crippen molar-refractivity contribution in [2.24, 2.45) is 0 Å². The van der Waals surface area contributed by atoms with Crippen LogP contribution in [-0.2, 0) is 9.59 Å². The zero-order valence-electron chi connectivity index (χ0n) is 9.24. The van der Waals surface area contributed by atoms with Crippen molar-refractivity contribution < 1.29 is 9.59 Å². The summed E-state index contributed by atoms with van der Waals surface area (Å²) in [6.07, 6.45) is 0. The Labute approximate surface area is 112 Å². The number of nitrogens with two attached hydrogens (primary N) is 1. The van der Waals surface area contributed by atoms with Gasteiger partial charge in [0, 0.05) is 3.57 Å². The summed E-state index contributed by atoms with van der Waals surface area (Å²) in [5.74, 6) is -0.592. The minimum Gasteiger partial charge on any atom is -0.397 e. The van der Waals surface area contributed by atoms with Gasteiger partial charge in [-0.3, -0.25) is 14.9 Å². The minimum atomic E-state index is -0.393. The highest BCUT2D eigenvalue weighted by molar-refractivity contribution is 14.1. The number of nitrogens with one attached hydrogen (secondary N) is 1. The van der Waals surface area contributed by atoms with Crippen LogP contribution in [0, 0.1) is 3.57 Å². The molecule has 0 bridgehead atoms. The number of nitrogens with zero attached hydrogens (tertiary/aromatic N) is 1. The molecule has 1 aliphatic rings. The molecule has 1 aromatic carbocycles. The number of hydrogen-bond donors (Lipinski definition) is 2. The van der Waals surface area contributed by atoms with Crippen LogP contribution in [-0.4, -0.2) is 24.4 Å². The van der Waals surface area contributed by atoms with Gasteiger partial charge in [0.1, 0.15) is 6.04 Å². The SMILES string of the molecule is CC1C(=O)NC(=O)CN1c1ccc(I)cc1N. The zero-order valence-corrected chi connectivity index (χ0v) is 11.4. The summed E-state index contributed by atoms with van der Waals surface area (Å²) < 4.78 is 1.02. The molecule has 1 fully saturated rings. The molecule has 0 radical (unpaired) electrons. The summed E-state index contributed by atoms with van der Waals surface area (Å²) in [6.45, 7) is 1.90. The molecule has 3 N–H and O–H groups in total. The van der Waals surface area contributed by atoms with Gasteiger partial charge in [-0.25, -0.2) is 0 Å². The number of halogens is 1. The number of anilines is 2. The molecular weight excluding hydrogens is 333 g/mol. The third-order valence-corrected chi connectivity index (χ3v) is 3.39. The Morgan fingerprint density at radius 2 is 2.18 bits per heavy atom. The van der Waals surface area contributed by atoms with Crippen molar-refractivity contribution in [3.63, 3.8) is 0 Å². The maximum Gasteiger partial charge on any atom is 0.249 e. The molecule has 90 valence electrons. The van der Waals surface area contributed by atoms with Gasteiger partial charge in [0.25, 0.3) is 0 Å². The average molecular weight is 345 g/mol. The molecule has 2 rings (SSSR count). The Morgan fingerprint density at radius 1 is 1.47 bits per heavy atom. The summed E-state index contributed by atoms with van der Waals surface area (Å²) in [4.78, 5) is 24.6. The van der Waals surface area contributed by atoms with E-state index < -0.39 is 6.04 Å². The maximum absolute atomic E-state index is 11.6. The van der Waals surface area contributed by atoms with Gasteiger partial charge in [0.15, 0.2) is 0 Å². The topological polar surface area (TPSA) is 75.4 Å². The van der Waals surface area contributed by atoms with Crippen LogP contribution < -0.4 is 16.0 Å². The summed E-state index contributed by atoms with van der Waals surface area (Å²) in [6, 6.07) is 5.16. The van der Waals surface area contributed by atoms with E-state index in [1.54, 1.807) is 11.8 Å². The lowest BCUT2D eigenvalue weighted by molar-refractivity contribution is -0.132. The molecule has 5 nitrogen and oxygen atoms in total. The van der Waals surface area contributed by atoms with Crippen LogP contribution in [0.4, 0.5) is 11.4 Å². The van der Waals surface area contributed by atoms with E-state index in [1.807, 2.05) is 18.2 Å². The summed E-state index contributed by atoms with van der Waals surface area (Å²) in [5, 5.41) is 2.30. The molecule has 17 heavy (non-hydrogen) atoms. The van der Waals surface area contributed by atoms with Gasteiger partial charge in [-0.2, -0.15) is 0 Å². The Hall–Kier alpha value is -1.31. The first-order valence-electron chi connectivity index (χ1n) is 5.14. The van der Waals surface area contributed by atoms with Gasteiger partial charge in [0.2, 0.25) is 11.8 Å². The lowest BCUT2D eigenvalue weighted by Crippen LogP contribution is -2.57. The molecule has 0 saturated carbocycles. The fraction of sp³-hybridized carbons (Fsp3) is 0.273. The second-order valence-corrected chi connectivity index (χ2v) is 5.17. The first-order valence-corrected chi connectivity index (χ1v) is 6.22. The lowest BCUT2D eigenvalue weighted by Gasteiger charge is -2.34. The molecule has 0 aliphatic carbocycles. The van der Waals surface area contributed by atoms with Gasteiger partial charge in [0.05, 0.1) is 17.9 Å². The lowest BCUT2D eigenvalue weighted by atomic mass is 10.1.